The van der Waals surface area contributed by atoms with Gasteiger partial charge >= 0.3 is 6.09 Å². The Hall–Kier alpha value is -1.10. The van der Waals surface area contributed by atoms with E-state index in [1.54, 1.807) is 18.4 Å². The number of nitrogens with zero attached hydrogens (tertiary/aromatic N) is 3. The molecule has 28 heavy (non-hydrogen) atoms. The van der Waals surface area contributed by atoms with Gasteiger partial charge in [0.25, 0.3) is 0 Å². The molecule has 0 fully saturated rings. The molecular weight excluding hydrogens is 489 g/mol. The Morgan fingerprint density at radius 2 is 2.04 bits per heavy atom. The molecule has 2 N–H and O–H groups in total. The maximum absolute atomic E-state index is 12.1. The quantitative estimate of drug-likeness (QED) is 0.320. The van der Waals surface area contributed by atoms with Crippen molar-refractivity contribution in [2.45, 2.75) is 66.2 Å². The highest BCUT2D eigenvalue weighted by Gasteiger charge is 2.22. The lowest BCUT2D eigenvalue weighted by atomic mass is 10.0. The molecule has 0 aliphatic heterocycles. The van der Waals surface area contributed by atoms with Gasteiger partial charge < -0.3 is 20.3 Å². The number of amides is 1. The number of ether oxygens (including phenoxy) is 1. The van der Waals surface area contributed by atoms with Crippen LogP contribution in [-0.4, -0.2) is 54.2 Å². The van der Waals surface area contributed by atoms with Crippen LogP contribution in [-0.2, 0) is 11.3 Å². The van der Waals surface area contributed by atoms with Crippen molar-refractivity contribution in [3.63, 3.8) is 0 Å². The Morgan fingerprint density at radius 3 is 2.50 bits per heavy atom. The maximum atomic E-state index is 12.1. The monoisotopic (exact) mass is 525 g/mol. The predicted molar refractivity (Wildman–Crippen MR) is 128 cm³/mol. The van der Waals surface area contributed by atoms with Crippen LogP contribution in [0.3, 0.4) is 0 Å². The topological polar surface area (TPSA) is 78.9 Å². The molecule has 0 saturated heterocycles. The molecule has 1 unspecified atom stereocenters. The number of carbonyl (C=O) groups excluding carboxylic acids is 1. The summed E-state index contributed by atoms with van der Waals surface area (Å²) < 4.78 is 5.38. The second kappa shape index (κ2) is 12.5. The third kappa shape index (κ3) is 10.4. The molecule has 1 aromatic heterocycles. The van der Waals surface area contributed by atoms with Crippen molar-refractivity contribution in [2.24, 2.45) is 10.9 Å². The van der Waals surface area contributed by atoms with Gasteiger partial charge in [0.05, 0.1) is 6.54 Å². The fourth-order valence-electron chi connectivity index (χ4n) is 2.49. The van der Waals surface area contributed by atoms with E-state index in [-0.39, 0.29) is 36.1 Å². The summed E-state index contributed by atoms with van der Waals surface area (Å²) in [7, 11) is 3.76. The van der Waals surface area contributed by atoms with E-state index >= 15 is 0 Å². The molecule has 0 bridgehead atoms. The third-order valence-electron chi connectivity index (χ3n) is 3.92. The van der Waals surface area contributed by atoms with Gasteiger partial charge in [-0.2, -0.15) is 0 Å². The van der Waals surface area contributed by atoms with Crippen LogP contribution >= 0.6 is 35.3 Å². The highest BCUT2D eigenvalue weighted by molar-refractivity contribution is 14.0. The van der Waals surface area contributed by atoms with Gasteiger partial charge in [0.1, 0.15) is 10.6 Å². The first-order valence-corrected chi connectivity index (χ1v) is 10.2. The minimum atomic E-state index is -0.497. The molecule has 7 nitrogen and oxygen atoms in total. The van der Waals surface area contributed by atoms with E-state index in [0.717, 1.165) is 23.9 Å². The Labute approximate surface area is 190 Å². The van der Waals surface area contributed by atoms with Crippen LogP contribution in [0.2, 0.25) is 0 Å². The minimum absolute atomic E-state index is 0. The van der Waals surface area contributed by atoms with Crippen molar-refractivity contribution in [1.82, 2.24) is 20.5 Å². The SMILES string of the molecule is CN=C(NCc1ncc(C)s1)N(C)CCC(NC(=O)OC(C)(C)C)C(C)C.I. The summed E-state index contributed by atoms with van der Waals surface area (Å²) in [6.07, 6.45) is 2.30. The van der Waals surface area contributed by atoms with Crippen LogP contribution in [0, 0.1) is 12.8 Å². The number of halogens is 1. The van der Waals surface area contributed by atoms with E-state index in [4.69, 9.17) is 4.74 Å². The van der Waals surface area contributed by atoms with Gasteiger partial charge in [-0.3, -0.25) is 4.99 Å². The highest BCUT2D eigenvalue weighted by atomic mass is 127. The molecule has 9 heteroatoms. The highest BCUT2D eigenvalue weighted by Crippen LogP contribution is 2.12. The lowest BCUT2D eigenvalue weighted by Crippen LogP contribution is -2.45. The van der Waals surface area contributed by atoms with Crippen molar-refractivity contribution in [2.75, 3.05) is 20.6 Å². The van der Waals surface area contributed by atoms with Crippen LogP contribution < -0.4 is 10.6 Å². The average Bonchev–Trinajstić information content (AvgIpc) is 2.95. The number of hydrogen-bond acceptors (Lipinski definition) is 5. The number of aromatic nitrogens is 1. The second-order valence-corrected chi connectivity index (χ2v) is 9.29. The number of aliphatic imine (C=N–C) groups is 1. The first-order valence-electron chi connectivity index (χ1n) is 9.34. The molecule has 0 aromatic carbocycles. The number of nitrogens with one attached hydrogen (secondary N) is 2. The molecule has 1 aromatic rings. The fraction of sp³-hybridized carbons (Fsp3) is 0.737. The van der Waals surface area contributed by atoms with Crippen LogP contribution in [0.15, 0.2) is 11.2 Å². The van der Waals surface area contributed by atoms with Crippen LogP contribution in [0.4, 0.5) is 4.79 Å². The number of aryl methyl sites for hydroxylation is 1. The van der Waals surface area contributed by atoms with Gasteiger partial charge in [0.2, 0.25) is 0 Å². The molecule has 0 aliphatic rings. The normalized spacial score (nSPS) is 13.0. The smallest absolute Gasteiger partial charge is 0.407 e. The summed E-state index contributed by atoms with van der Waals surface area (Å²) in [6, 6.07) is 0.0296. The minimum Gasteiger partial charge on any atom is -0.444 e. The van der Waals surface area contributed by atoms with Gasteiger partial charge in [-0.15, -0.1) is 35.3 Å². The number of alkyl carbamates (subject to hydrolysis) is 1. The third-order valence-corrected chi connectivity index (χ3v) is 4.84. The maximum Gasteiger partial charge on any atom is 0.407 e. The Bertz CT molecular complexity index is 628. The van der Waals surface area contributed by atoms with Gasteiger partial charge in [-0.05, 0) is 40.0 Å². The number of guanidine groups is 1. The summed E-state index contributed by atoms with van der Waals surface area (Å²) >= 11 is 1.68. The summed E-state index contributed by atoms with van der Waals surface area (Å²) in [6.45, 7) is 13.2. The molecule has 1 rings (SSSR count). The largest absolute Gasteiger partial charge is 0.444 e. The number of carbonyl (C=O) groups is 1. The lowest BCUT2D eigenvalue weighted by molar-refractivity contribution is 0.0486. The van der Waals surface area contributed by atoms with E-state index in [1.165, 1.54) is 4.88 Å². The summed E-state index contributed by atoms with van der Waals surface area (Å²) in [4.78, 5) is 24.0. The van der Waals surface area contributed by atoms with Crippen LogP contribution in [0.25, 0.3) is 0 Å². The average molecular weight is 526 g/mol. The number of rotatable bonds is 7. The Kier molecular flexibility index (Phi) is 12.0. The zero-order valence-corrected chi connectivity index (χ0v) is 21.5. The summed E-state index contributed by atoms with van der Waals surface area (Å²) in [5.74, 6) is 1.11. The molecule has 0 radical (unpaired) electrons. The van der Waals surface area contributed by atoms with Crippen molar-refractivity contribution in [3.8, 4) is 0 Å². The summed E-state index contributed by atoms with van der Waals surface area (Å²) in [5, 5.41) is 7.36. The number of thiazole rings is 1. The van der Waals surface area contributed by atoms with Crippen molar-refractivity contribution >= 4 is 47.4 Å². The number of hydrogen-bond donors (Lipinski definition) is 2. The van der Waals surface area contributed by atoms with Crippen LogP contribution in [0.1, 0.15) is 50.9 Å². The molecule has 0 spiro atoms. The second-order valence-electron chi connectivity index (χ2n) is 7.97. The molecule has 162 valence electrons. The zero-order valence-electron chi connectivity index (χ0n) is 18.3. The first-order chi connectivity index (χ1) is 12.5. The fourth-order valence-corrected chi connectivity index (χ4v) is 3.22. The van der Waals surface area contributed by atoms with Crippen molar-refractivity contribution in [3.05, 3.63) is 16.1 Å². The van der Waals surface area contributed by atoms with Crippen LogP contribution in [0.5, 0.6) is 0 Å². The van der Waals surface area contributed by atoms with Gasteiger partial charge in [-0.25, -0.2) is 9.78 Å². The van der Waals surface area contributed by atoms with Crippen molar-refractivity contribution < 1.29 is 9.53 Å². The molecule has 1 atom stereocenters. The van der Waals surface area contributed by atoms with E-state index in [0.29, 0.717) is 12.5 Å². The Balaban J connectivity index is 0.00000729. The molecule has 0 aliphatic carbocycles. The Morgan fingerprint density at radius 1 is 1.39 bits per heavy atom. The predicted octanol–water partition coefficient (Wildman–Crippen LogP) is 4.02. The van der Waals surface area contributed by atoms with E-state index in [1.807, 2.05) is 40.9 Å². The van der Waals surface area contributed by atoms with Crippen molar-refractivity contribution in [1.29, 1.82) is 0 Å². The van der Waals surface area contributed by atoms with E-state index in [9.17, 15) is 4.79 Å². The van der Waals surface area contributed by atoms with Gasteiger partial charge in [-0.1, -0.05) is 13.8 Å². The first kappa shape index (κ1) is 26.9. The van der Waals surface area contributed by atoms with Gasteiger partial charge in [0, 0.05) is 37.8 Å². The van der Waals surface area contributed by atoms with E-state index in [2.05, 4.69) is 39.4 Å². The van der Waals surface area contributed by atoms with Gasteiger partial charge in [0.15, 0.2) is 5.96 Å². The molecule has 1 amide bonds. The molecule has 1 heterocycles. The standard InChI is InChI=1S/C19H35N5O2S.HI/c1-13(2)15(23-18(25)26-19(4,5)6)9-10-24(8)17(20-7)22-12-16-21-11-14(3)27-16;/h11,13,15H,9-10,12H2,1-8H3,(H,20,22)(H,23,25);1H. The molecular formula is C19H36IN5O2S. The van der Waals surface area contributed by atoms with E-state index < -0.39 is 5.60 Å². The lowest BCUT2D eigenvalue weighted by Gasteiger charge is -2.28. The summed E-state index contributed by atoms with van der Waals surface area (Å²) in [5.41, 5.74) is -0.497. The molecule has 0 saturated carbocycles. The zero-order chi connectivity index (χ0) is 20.6.